The molecule has 2 amide bonds. The number of amides is 2. The maximum absolute atomic E-state index is 12.3. The number of carbonyl (C=O) groups excluding carboxylic acids is 2. The standard InChI is InChI=1S/C12H18F3N3O2/c1-17(9-2-3-16-5-9)11(20)8-4-10(19)18(6-8)7-12(13,14)15/h8-9,16H,2-7H2,1H3/t8-,9+/m0/s1. The fourth-order valence-electron chi connectivity index (χ4n) is 2.74. The Kier molecular flexibility index (Phi) is 4.22. The lowest BCUT2D eigenvalue weighted by Crippen LogP contribution is -2.43. The van der Waals surface area contributed by atoms with Gasteiger partial charge in [0.15, 0.2) is 0 Å². The number of hydrogen-bond donors (Lipinski definition) is 1. The van der Waals surface area contributed by atoms with Gasteiger partial charge in [-0.2, -0.15) is 13.2 Å². The maximum atomic E-state index is 12.3. The fraction of sp³-hybridized carbons (Fsp3) is 0.833. The number of alkyl halides is 3. The number of likely N-dealkylation sites (N-methyl/N-ethyl adjacent to an activating group) is 1. The third kappa shape index (κ3) is 3.41. The van der Waals surface area contributed by atoms with Crippen molar-refractivity contribution in [3.05, 3.63) is 0 Å². The van der Waals surface area contributed by atoms with E-state index in [9.17, 15) is 22.8 Å². The molecule has 2 heterocycles. The largest absolute Gasteiger partial charge is 0.406 e. The van der Waals surface area contributed by atoms with Gasteiger partial charge in [-0.1, -0.05) is 0 Å². The van der Waals surface area contributed by atoms with Crippen LogP contribution >= 0.6 is 0 Å². The van der Waals surface area contributed by atoms with E-state index >= 15 is 0 Å². The van der Waals surface area contributed by atoms with Gasteiger partial charge >= 0.3 is 6.18 Å². The topological polar surface area (TPSA) is 52.7 Å². The minimum atomic E-state index is -4.42. The van der Waals surface area contributed by atoms with E-state index in [1.807, 2.05) is 0 Å². The Balaban J connectivity index is 1.93. The predicted molar refractivity (Wildman–Crippen MR) is 64.8 cm³/mol. The summed E-state index contributed by atoms with van der Waals surface area (Å²) < 4.78 is 36.9. The van der Waals surface area contributed by atoms with Crippen LogP contribution in [-0.2, 0) is 9.59 Å². The Morgan fingerprint density at radius 1 is 1.50 bits per heavy atom. The van der Waals surface area contributed by atoms with Crippen molar-refractivity contribution in [2.24, 2.45) is 5.92 Å². The summed E-state index contributed by atoms with van der Waals surface area (Å²) in [5.41, 5.74) is 0. The van der Waals surface area contributed by atoms with Gasteiger partial charge in [-0.15, -0.1) is 0 Å². The Hall–Kier alpha value is -1.31. The molecule has 2 saturated heterocycles. The van der Waals surface area contributed by atoms with Crippen LogP contribution in [0.2, 0.25) is 0 Å². The molecule has 0 aromatic carbocycles. The molecule has 20 heavy (non-hydrogen) atoms. The second-order valence-corrected chi connectivity index (χ2v) is 5.39. The SMILES string of the molecule is CN(C(=O)[C@H]1CC(=O)N(CC(F)(F)F)C1)[C@@H]1CCNC1. The van der Waals surface area contributed by atoms with E-state index < -0.39 is 24.5 Å². The number of halogens is 3. The van der Waals surface area contributed by atoms with Crippen LogP contribution in [-0.4, -0.2) is 67.1 Å². The van der Waals surface area contributed by atoms with Crippen LogP contribution in [0.25, 0.3) is 0 Å². The van der Waals surface area contributed by atoms with Gasteiger partial charge in [-0.05, 0) is 13.0 Å². The molecule has 2 rings (SSSR count). The van der Waals surface area contributed by atoms with Crippen LogP contribution in [0.3, 0.4) is 0 Å². The van der Waals surface area contributed by atoms with Crippen molar-refractivity contribution in [1.29, 1.82) is 0 Å². The summed E-state index contributed by atoms with van der Waals surface area (Å²) in [7, 11) is 1.65. The van der Waals surface area contributed by atoms with Crippen LogP contribution in [0.4, 0.5) is 13.2 Å². The molecule has 0 spiro atoms. The highest BCUT2D eigenvalue weighted by molar-refractivity contribution is 5.89. The molecule has 2 atom stereocenters. The lowest BCUT2D eigenvalue weighted by molar-refractivity contribution is -0.157. The van der Waals surface area contributed by atoms with Gasteiger partial charge in [0.05, 0.1) is 5.92 Å². The summed E-state index contributed by atoms with van der Waals surface area (Å²) in [5.74, 6) is -1.49. The monoisotopic (exact) mass is 293 g/mol. The molecule has 114 valence electrons. The summed E-state index contributed by atoms with van der Waals surface area (Å²) in [4.78, 5) is 26.1. The van der Waals surface area contributed by atoms with Crippen molar-refractivity contribution in [3.63, 3.8) is 0 Å². The van der Waals surface area contributed by atoms with Gasteiger partial charge < -0.3 is 15.1 Å². The molecule has 0 aliphatic carbocycles. The number of hydrogen-bond acceptors (Lipinski definition) is 3. The third-order valence-electron chi connectivity index (χ3n) is 3.86. The molecular formula is C12H18F3N3O2. The van der Waals surface area contributed by atoms with E-state index in [4.69, 9.17) is 0 Å². The lowest BCUT2D eigenvalue weighted by atomic mass is 10.1. The Labute approximate surface area is 115 Å². The van der Waals surface area contributed by atoms with Crippen LogP contribution in [0.15, 0.2) is 0 Å². The van der Waals surface area contributed by atoms with Gasteiger partial charge in [-0.25, -0.2) is 0 Å². The van der Waals surface area contributed by atoms with E-state index in [1.54, 1.807) is 11.9 Å². The van der Waals surface area contributed by atoms with E-state index in [1.165, 1.54) is 0 Å². The van der Waals surface area contributed by atoms with Gasteiger partial charge in [0.2, 0.25) is 11.8 Å². The summed E-state index contributed by atoms with van der Waals surface area (Å²) in [6.07, 6.45) is -3.72. The smallest absolute Gasteiger partial charge is 0.341 e. The molecule has 1 N–H and O–H groups in total. The predicted octanol–water partition coefficient (Wildman–Crippen LogP) is 0.218. The van der Waals surface area contributed by atoms with Crippen molar-refractivity contribution in [2.45, 2.75) is 25.1 Å². The summed E-state index contributed by atoms with van der Waals surface area (Å²) in [5, 5.41) is 3.13. The van der Waals surface area contributed by atoms with Crippen molar-refractivity contribution in [3.8, 4) is 0 Å². The molecule has 2 fully saturated rings. The zero-order valence-corrected chi connectivity index (χ0v) is 11.2. The third-order valence-corrected chi connectivity index (χ3v) is 3.86. The second-order valence-electron chi connectivity index (χ2n) is 5.39. The van der Waals surface area contributed by atoms with E-state index in [0.717, 1.165) is 17.9 Å². The maximum Gasteiger partial charge on any atom is 0.406 e. The van der Waals surface area contributed by atoms with Crippen molar-refractivity contribution >= 4 is 11.8 Å². The minimum absolute atomic E-state index is 0.0641. The minimum Gasteiger partial charge on any atom is -0.341 e. The molecule has 2 aliphatic heterocycles. The molecule has 0 radical (unpaired) electrons. The van der Waals surface area contributed by atoms with E-state index in [-0.39, 0.29) is 24.9 Å². The van der Waals surface area contributed by atoms with Crippen LogP contribution in [0.1, 0.15) is 12.8 Å². The van der Waals surface area contributed by atoms with Gasteiger partial charge in [-0.3, -0.25) is 9.59 Å². The summed E-state index contributed by atoms with van der Waals surface area (Å²) in [6, 6.07) is 0.0641. The first-order chi connectivity index (χ1) is 9.28. The Morgan fingerprint density at radius 3 is 2.75 bits per heavy atom. The number of likely N-dealkylation sites (tertiary alicyclic amines) is 1. The highest BCUT2D eigenvalue weighted by atomic mass is 19.4. The normalized spacial score (nSPS) is 27.2. The van der Waals surface area contributed by atoms with Crippen molar-refractivity contribution in [1.82, 2.24) is 15.1 Å². The summed E-state index contributed by atoms with van der Waals surface area (Å²) >= 11 is 0. The van der Waals surface area contributed by atoms with Crippen molar-refractivity contribution < 1.29 is 22.8 Å². The zero-order chi connectivity index (χ0) is 14.9. The molecular weight excluding hydrogens is 275 g/mol. The van der Waals surface area contributed by atoms with Gasteiger partial charge in [0.1, 0.15) is 6.54 Å². The Morgan fingerprint density at radius 2 is 2.20 bits per heavy atom. The quantitative estimate of drug-likeness (QED) is 0.810. The molecule has 0 aromatic heterocycles. The van der Waals surface area contributed by atoms with E-state index in [0.29, 0.717) is 6.54 Å². The molecule has 0 aromatic rings. The number of nitrogens with one attached hydrogen (secondary N) is 1. The average Bonchev–Trinajstić information content (AvgIpc) is 2.96. The first-order valence-corrected chi connectivity index (χ1v) is 6.60. The number of carbonyl (C=O) groups is 2. The number of rotatable bonds is 3. The molecule has 8 heteroatoms. The lowest BCUT2D eigenvalue weighted by Gasteiger charge is -2.26. The van der Waals surface area contributed by atoms with Crippen LogP contribution < -0.4 is 5.32 Å². The second kappa shape index (κ2) is 5.59. The van der Waals surface area contributed by atoms with Crippen LogP contribution in [0.5, 0.6) is 0 Å². The molecule has 0 saturated carbocycles. The van der Waals surface area contributed by atoms with Gasteiger partial charge in [0.25, 0.3) is 0 Å². The number of nitrogens with zero attached hydrogens (tertiary/aromatic N) is 2. The molecule has 0 unspecified atom stereocenters. The zero-order valence-electron chi connectivity index (χ0n) is 11.2. The highest BCUT2D eigenvalue weighted by Gasteiger charge is 2.42. The van der Waals surface area contributed by atoms with Gasteiger partial charge in [0, 0.05) is 32.6 Å². The van der Waals surface area contributed by atoms with Crippen molar-refractivity contribution in [2.75, 3.05) is 33.2 Å². The Bertz CT molecular complexity index is 394. The fourth-order valence-corrected chi connectivity index (χ4v) is 2.74. The first kappa shape index (κ1) is 15.1. The van der Waals surface area contributed by atoms with Crippen LogP contribution in [0, 0.1) is 5.92 Å². The molecule has 0 bridgehead atoms. The average molecular weight is 293 g/mol. The highest BCUT2D eigenvalue weighted by Crippen LogP contribution is 2.25. The summed E-state index contributed by atoms with van der Waals surface area (Å²) in [6.45, 7) is 0.104. The molecule has 5 nitrogen and oxygen atoms in total. The first-order valence-electron chi connectivity index (χ1n) is 6.60. The molecule has 2 aliphatic rings. The van der Waals surface area contributed by atoms with E-state index in [2.05, 4.69) is 5.32 Å².